The summed E-state index contributed by atoms with van der Waals surface area (Å²) in [7, 11) is 0. The summed E-state index contributed by atoms with van der Waals surface area (Å²) in [4.78, 5) is 10.9. The second kappa shape index (κ2) is 4.40. The molecule has 0 aliphatic heterocycles. The molecule has 0 radical (unpaired) electrons. The van der Waals surface area contributed by atoms with E-state index in [1.165, 1.54) is 30.4 Å². The Bertz CT molecular complexity index is 371. The van der Waals surface area contributed by atoms with E-state index < -0.39 is 0 Å². The topological polar surface area (TPSA) is 17.1 Å². The Morgan fingerprint density at radius 3 is 2.38 bits per heavy atom. The van der Waals surface area contributed by atoms with E-state index >= 15 is 0 Å². The molecule has 0 bridgehead atoms. The van der Waals surface area contributed by atoms with Gasteiger partial charge in [-0.15, -0.1) is 0 Å². The summed E-state index contributed by atoms with van der Waals surface area (Å²) in [5, 5.41) is 0. The Morgan fingerprint density at radius 2 is 1.88 bits per heavy atom. The predicted octanol–water partition coefficient (Wildman–Crippen LogP) is 3.79. The van der Waals surface area contributed by atoms with Gasteiger partial charge in [-0.3, -0.25) is 0 Å². The lowest BCUT2D eigenvalue weighted by atomic mass is 9.89. The number of carbonyl (C=O) groups is 1. The number of Topliss-reactive ketones (excluding diaryl/α,β-unsaturated/α-hetero) is 1. The SMILES string of the molecule is CC(=O)CCCC1(c2ccc(C)cc2)CC1. The van der Waals surface area contributed by atoms with E-state index in [0.29, 0.717) is 11.2 Å². The molecule has 1 saturated carbocycles. The third kappa shape index (κ3) is 2.52. The molecular formula is C15H20O. The van der Waals surface area contributed by atoms with Crippen molar-refractivity contribution in [1.82, 2.24) is 0 Å². The number of rotatable bonds is 5. The highest BCUT2D eigenvalue weighted by molar-refractivity contribution is 5.75. The van der Waals surface area contributed by atoms with Crippen LogP contribution in [0.5, 0.6) is 0 Å². The first-order valence-corrected chi connectivity index (χ1v) is 6.19. The molecule has 0 amide bonds. The molecule has 0 N–H and O–H groups in total. The first kappa shape index (κ1) is 11.4. The molecule has 0 saturated heterocycles. The third-order valence-electron chi connectivity index (χ3n) is 3.70. The Morgan fingerprint density at radius 1 is 1.25 bits per heavy atom. The standard InChI is InChI=1S/C15H20O/c1-12-5-7-14(8-6-12)15(10-11-15)9-3-4-13(2)16/h5-8H,3-4,9-11H2,1-2H3. The van der Waals surface area contributed by atoms with Gasteiger partial charge in [0.05, 0.1) is 0 Å². The van der Waals surface area contributed by atoms with Gasteiger partial charge in [0.25, 0.3) is 0 Å². The minimum absolute atomic E-state index is 0.319. The van der Waals surface area contributed by atoms with Crippen LogP contribution in [-0.2, 0) is 10.2 Å². The highest BCUT2D eigenvalue weighted by Crippen LogP contribution is 2.51. The van der Waals surface area contributed by atoms with Crippen LogP contribution in [0.25, 0.3) is 0 Å². The first-order chi connectivity index (χ1) is 7.62. The number of carbonyl (C=O) groups excluding carboxylic acids is 1. The summed E-state index contributed by atoms with van der Waals surface area (Å²) in [6, 6.07) is 8.91. The summed E-state index contributed by atoms with van der Waals surface area (Å²) < 4.78 is 0. The molecule has 0 atom stereocenters. The lowest BCUT2D eigenvalue weighted by Gasteiger charge is -2.15. The fraction of sp³-hybridized carbons (Fsp3) is 0.533. The van der Waals surface area contributed by atoms with E-state index in [1.807, 2.05) is 0 Å². The summed E-state index contributed by atoms with van der Waals surface area (Å²) >= 11 is 0. The number of hydrogen-bond donors (Lipinski definition) is 0. The Labute approximate surface area is 97.9 Å². The van der Waals surface area contributed by atoms with E-state index in [2.05, 4.69) is 31.2 Å². The zero-order valence-corrected chi connectivity index (χ0v) is 10.3. The molecule has 1 aromatic carbocycles. The number of hydrogen-bond acceptors (Lipinski definition) is 1. The van der Waals surface area contributed by atoms with E-state index in [1.54, 1.807) is 6.92 Å². The molecule has 1 aliphatic rings. The van der Waals surface area contributed by atoms with Crippen LogP contribution >= 0.6 is 0 Å². The van der Waals surface area contributed by atoms with Crippen molar-refractivity contribution in [3.05, 3.63) is 35.4 Å². The van der Waals surface area contributed by atoms with Crippen LogP contribution in [-0.4, -0.2) is 5.78 Å². The van der Waals surface area contributed by atoms with Crippen molar-refractivity contribution in [2.75, 3.05) is 0 Å². The Kier molecular flexibility index (Phi) is 3.13. The molecule has 1 aromatic rings. The van der Waals surface area contributed by atoms with Crippen molar-refractivity contribution in [2.45, 2.75) is 51.4 Å². The fourth-order valence-corrected chi connectivity index (χ4v) is 2.42. The Hall–Kier alpha value is -1.11. The second-order valence-corrected chi connectivity index (χ2v) is 5.20. The van der Waals surface area contributed by atoms with Crippen molar-refractivity contribution >= 4 is 5.78 Å². The van der Waals surface area contributed by atoms with Crippen molar-refractivity contribution < 1.29 is 4.79 Å². The summed E-state index contributed by atoms with van der Waals surface area (Å²) in [6.07, 6.45) is 5.56. The van der Waals surface area contributed by atoms with Gasteiger partial charge in [-0.1, -0.05) is 29.8 Å². The van der Waals surface area contributed by atoms with E-state index in [4.69, 9.17) is 0 Å². The van der Waals surface area contributed by atoms with Crippen LogP contribution in [0.3, 0.4) is 0 Å². The quantitative estimate of drug-likeness (QED) is 0.732. The zero-order chi connectivity index (χ0) is 11.6. The van der Waals surface area contributed by atoms with E-state index in [0.717, 1.165) is 12.8 Å². The van der Waals surface area contributed by atoms with Gasteiger partial charge in [-0.25, -0.2) is 0 Å². The number of ketones is 1. The molecule has 1 fully saturated rings. The number of benzene rings is 1. The van der Waals surface area contributed by atoms with Crippen LogP contribution in [0.2, 0.25) is 0 Å². The molecule has 1 aliphatic carbocycles. The van der Waals surface area contributed by atoms with Gasteiger partial charge in [-0.05, 0) is 50.5 Å². The summed E-state index contributed by atoms with van der Waals surface area (Å²) in [5.41, 5.74) is 3.22. The lowest BCUT2D eigenvalue weighted by molar-refractivity contribution is -0.117. The molecule has 86 valence electrons. The predicted molar refractivity (Wildman–Crippen MR) is 66.6 cm³/mol. The normalized spacial score (nSPS) is 17.1. The van der Waals surface area contributed by atoms with Crippen molar-refractivity contribution in [2.24, 2.45) is 0 Å². The molecule has 16 heavy (non-hydrogen) atoms. The molecule has 1 heteroatoms. The lowest BCUT2D eigenvalue weighted by Crippen LogP contribution is -2.07. The van der Waals surface area contributed by atoms with Gasteiger partial charge in [0.15, 0.2) is 0 Å². The third-order valence-corrected chi connectivity index (χ3v) is 3.70. The maximum atomic E-state index is 10.9. The minimum Gasteiger partial charge on any atom is -0.300 e. The number of aryl methyl sites for hydroxylation is 1. The average Bonchev–Trinajstić information content (AvgIpc) is 2.99. The highest BCUT2D eigenvalue weighted by Gasteiger charge is 2.43. The molecule has 0 aromatic heterocycles. The smallest absolute Gasteiger partial charge is 0.129 e. The summed E-state index contributed by atoms with van der Waals surface area (Å²) in [6.45, 7) is 3.81. The van der Waals surface area contributed by atoms with Gasteiger partial charge in [0, 0.05) is 6.42 Å². The van der Waals surface area contributed by atoms with E-state index in [9.17, 15) is 4.79 Å². The van der Waals surface area contributed by atoms with Crippen molar-refractivity contribution in [3.63, 3.8) is 0 Å². The maximum Gasteiger partial charge on any atom is 0.129 e. The van der Waals surface area contributed by atoms with Gasteiger partial charge in [-0.2, -0.15) is 0 Å². The van der Waals surface area contributed by atoms with Crippen LogP contribution in [0, 0.1) is 6.92 Å². The molecule has 0 spiro atoms. The maximum absolute atomic E-state index is 10.9. The van der Waals surface area contributed by atoms with Gasteiger partial charge < -0.3 is 4.79 Å². The molecular weight excluding hydrogens is 196 g/mol. The van der Waals surface area contributed by atoms with E-state index in [-0.39, 0.29) is 0 Å². The monoisotopic (exact) mass is 216 g/mol. The minimum atomic E-state index is 0.319. The molecule has 1 nitrogen and oxygen atoms in total. The first-order valence-electron chi connectivity index (χ1n) is 6.19. The van der Waals surface area contributed by atoms with Crippen molar-refractivity contribution in [3.8, 4) is 0 Å². The zero-order valence-electron chi connectivity index (χ0n) is 10.3. The van der Waals surface area contributed by atoms with Crippen LogP contribution in [0.15, 0.2) is 24.3 Å². The van der Waals surface area contributed by atoms with Gasteiger partial charge in [0.2, 0.25) is 0 Å². The Balaban J connectivity index is 1.97. The second-order valence-electron chi connectivity index (χ2n) is 5.20. The van der Waals surface area contributed by atoms with Crippen LogP contribution in [0.4, 0.5) is 0 Å². The fourth-order valence-electron chi connectivity index (χ4n) is 2.42. The highest BCUT2D eigenvalue weighted by atomic mass is 16.1. The van der Waals surface area contributed by atoms with Gasteiger partial charge in [0.1, 0.15) is 5.78 Å². The molecule has 0 unspecified atom stereocenters. The van der Waals surface area contributed by atoms with Gasteiger partial charge >= 0.3 is 0 Å². The summed E-state index contributed by atoms with van der Waals surface area (Å²) in [5.74, 6) is 0.319. The average molecular weight is 216 g/mol. The van der Waals surface area contributed by atoms with Crippen molar-refractivity contribution in [1.29, 1.82) is 0 Å². The largest absolute Gasteiger partial charge is 0.300 e. The van der Waals surface area contributed by atoms with Crippen LogP contribution < -0.4 is 0 Å². The van der Waals surface area contributed by atoms with Crippen LogP contribution in [0.1, 0.15) is 50.2 Å². The molecule has 0 heterocycles. The molecule has 2 rings (SSSR count).